The zero-order chi connectivity index (χ0) is 14.9. The van der Waals surface area contributed by atoms with Gasteiger partial charge in [-0.25, -0.2) is 0 Å². The SMILES string of the molecule is Cc1ccc(Br)c(C(=O)N2CCC[C@@](O)(C(N)=O)C2)c1. The van der Waals surface area contributed by atoms with Crippen molar-refractivity contribution in [2.24, 2.45) is 5.73 Å². The molecule has 1 heterocycles. The van der Waals surface area contributed by atoms with Gasteiger partial charge >= 0.3 is 0 Å². The van der Waals surface area contributed by atoms with Gasteiger partial charge in [0.1, 0.15) is 0 Å². The van der Waals surface area contributed by atoms with E-state index in [1.165, 1.54) is 4.90 Å². The first-order valence-electron chi connectivity index (χ1n) is 6.41. The van der Waals surface area contributed by atoms with Crippen LogP contribution in [0.3, 0.4) is 0 Å². The highest BCUT2D eigenvalue weighted by atomic mass is 79.9. The molecule has 20 heavy (non-hydrogen) atoms. The lowest BCUT2D eigenvalue weighted by molar-refractivity contribution is -0.140. The first-order valence-corrected chi connectivity index (χ1v) is 7.20. The van der Waals surface area contributed by atoms with Gasteiger partial charge in [-0.3, -0.25) is 9.59 Å². The molecule has 0 saturated carbocycles. The maximum Gasteiger partial charge on any atom is 0.255 e. The van der Waals surface area contributed by atoms with E-state index in [0.717, 1.165) is 5.56 Å². The standard InChI is InChI=1S/C14H17BrN2O3/c1-9-3-4-11(15)10(7-9)12(18)17-6-2-5-14(20,8-17)13(16)19/h3-4,7,20H,2,5-6,8H2,1H3,(H2,16,19)/t14-/m0/s1. The van der Waals surface area contributed by atoms with E-state index in [2.05, 4.69) is 15.9 Å². The number of aryl methyl sites for hydroxylation is 1. The highest BCUT2D eigenvalue weighted by Crippen LogP contribution is 2.25. The lowest BCUT2D eigenvalue weighted by atomic mass is 9.91. The second-order valence-electron chi connectivity index (χ2n) is 5.21. The van der Waals surface area contributed by atoms with Gasteiger partial charge in [0.05, 0.1) is 12.1 Å². The number of nitrogens with two attached hydrogens (primary N) is 1. The molecule has 0 bridgehead atoms. The molecule has 108 valence electrons. The van der Waals surface area contributed by atoms with E-state index < -0.39 is 11.5 Å². The first-order chi connectivity index (χ1) is 9.33. The van der Waals surface area contributed by atoms with Gasteiger partial charge in [0.25, 0.3) is 11.8 Å². The third-order valence-electron chi connectivity index (χ3n) is 3.57. The number of carbonyl (C=O) groups is 2. The van der Waals surface area contributed by atoms with Crippen LogP contribution >= 0.6 is 15.9 Å². The van der Waals surface area contributed by atoms with Gasteiger partial charge in [-0.15, -0.1) is 0 Å². The molecule has 0 radical (unpaired) electrons. The molecule has 3 N–H and O–H groups in total. The Hall–Kier alpha value is -1.40. The van der Waals surface area contributed by atoms with Gasteiger partial charge in [-0.2, -0.15) is 0 Å². The number of β-amino-alcohol motifs (C(OH)–C–C–N with tert-alkyl or cyclic N) is 1. The minimum Gasteiger partial charge on any atom is -0.378 e. The zero-order valence-electron chi connectivity index (χ0n) is 11.2. The van der Waals surface area contributed by atoms with E-state index in [1.807, 2.05) is 19.1 Å². The number of hydrogen-bond donors (Lipinski definition) is 2. The Morgan fingerprint density at radius 3 is 2.80 bits per heavy atom. The van der Waals surface area contributed by atoms with Gasteiger partial charge < -0.3 is 15.7 Å². The molecule has 1 aromatic carbocycles. The van der Waals surface area contributed by atoms with Crippen LogP contribution in [0.25, 0.3) is 0 Å². The largest absolute Gasteiger partial charge is 0.378 e. The van der Waals surface area contributed by atoms with Crippen LogP contribution in [0, 0.1) is 6.92 Å². The van der Waals surface area contributed by atoms with E-state index in [0.29, 0.717) is 29.4 Å². The van der Waals surface area contributed by atoms with Crippen LogP contribution in [0.2, 0.25) is 0 Å². The number of amides is 2. The fourth-order valence-corrected chi connectivity index (χ4v) is 2.80. The fraction of sp³-hybridized carbons (Fsp3) is 0.429. The molecule has 0 aromatic heterocycles. The maximum absolute atomic E-state index is 12.5. The predicted octanol–water partition coefficient (Wildman–Crippen LogP) is 1.21. The average molecular weight is 341 g/mol. The molecular weight excluding hydrogens is 324 g/mol. The van der Waals surface area contributed by atoms with E-state index in [1.54, 1.807) is 6.07 Å². The van der Waals surface area contributed by atoms with E-state index >= 15 is 0 Å². The van der Waals surface area contributed by atoms with Crippen LogP contribution in [0.15, 0.2) is 22.7 Å². The predicted molar refractivity (Wildman–Crippen MR) is 78.2 cm³/mol. The smallest absolute Gasteiger partial charge is 0.255 e. The second kappa shape index (κ2) is 5.54. The number of likely N-dealkylation sites (tertiary alicyclic amines) is 1. The molecule has 1 saturated heterocycles. The lowest BCUT2D eigenvalue weighted by Gasteiger charge is -2.37. The van der Waals surface area contributed by atoms with E-state index in [9.17, 15) is 14.7 Å². The molecule has 2 rings (SSSR count). The second-order valence-corrected chi connectivity index (χ2v) is 6.06. The zero-order valence-corrected chi connectivity index (χ0v) is 12.8. The monoisotopic (exact) mass is 340 g/mol. The Morgan fingerprint density at radius 2 is 2.15 bits per heavy atom. The van der Waals surface area contributed by atoms with E-state index in [4.69, 9.17) is 5.73 Å². The molecule has 5 nitrogen and oxygen atoms in total. The molecule has 1 aliphatic heterocycles. The minimum absolute atomic E-state index is 0.0540. The van der Waals surface area contributed by atoms with Crippen LogP contribution in [0.5, 0.6) is 0 Å². The molecular formula is C14H17BrN2O3. The summed E-state index contributed by atoms with van der Waals surface area (Å²) in [5, 5.41) is 10.2. The number of aliphatic hydroxyl groups is 1. The van der Waals surface area contributed by atoms with Crippen molar-refractivity contribution in [2.75, 3.05) is 13.1 Å². The first kappa shape index (κ1) is 15.0. The highest BCUT2D eigenvalue weighted by Gasteiger charge is 2.40. The molecule has 1 atom stereocenters. The summed E-state index contributed by atoms with van der Waals surface area (Å²) < 4.78 is 0.696. The third-order valence-corrected chi connectivity index (χ3v) is 4.26. The molecule has 0 spiro atoms. The summed E-state index contributed by atoms with van der Waals surface area (Å²) in [6, 6.07) is 5.49. The number of hydrogen-bond acceptors (Lipinski definition) is 3. The summed E-state index contributed by atoms with van der Waals surface area (Å²) in [6.07, 6.45) is 0.843. The topological polar surface area (TPSA) is 83.6 Å². The van der Waals surface area contributed by atoms with Gasteiger partial charge in [-0.1, -0.05) is 11.6 Å². The quantitative estimate of drug-likeness (QED) is 0.848. The normalized spacial score (nSPS) is 22.6. The summed E-state index contributed by atoms with van der Waals surface area (Å²) in [4.78, 5) is 25.3. The number of benzene rings is 1. The average Bonchev–Trinajstić information content (AvgIpc) is 2.40. The van der Waals surface area contributed by atoms with Crippen LogP contribution in [-0.4, -0.2) is 40.5 Å². The number of piperidine rings is 1. The van der Waals surface area contributed by atoms with Crippen molar-refractivity contribution in [1.29, 1.82) is 0 Å². The molecule has 0 aliphatic carbocycles. The van der Waals surface area contributed by atoms with Crippen LogP contribution in [-0.2, 0) is 4.79 Å². The van der Waals surface area contributed by atoms with Crippen LogP contribution in [0.4, 0.5) is 0 Å². The van der Waals surface area contributed by atoms with Crippen molar-refractivity contribution in [3.63, 3.8) is 0 Å². The Morgan fingerprint density at radius 1 is 1.45 bits per heavy atom. The van der Waals surface area contributed by atoms with Gasteiger partial charge in [0, 0.05) is 11.0 Å². The number of primary amides is 1. The molecule has 2 amide bonds. The Kier molecular flexibility index (Phi) is 4.15. The van der Waals surface area contributed by atoms with Crippen molar-refractivity contribution >= 4 is 27.7 Å². The summed E-state index contributed by atoms with van der Waals surface area (Å²) in [7, 11) is 0. The van der Waals surface area contributed by atoms with Crippen molar-refractivity contribution in [1.82, 2.24) is 4.90 Å². The summed E-state index contributed by atoms with van der Waals surface area (Å²) in [6.45, 7) is 2.36. The lowest BCUT2D eigenvalue weighted by Crippen LogP contribution is -2.57. The number of halogens is 1. The molecule has 1 aromatic rings. The molecule has 1 aliphatic rings. The Balaban J connectivity index is 2.25. The van der Waals surface area contributed by atoms with Gasteiger partial charge in [0.15, 0.2) is 5.60 Å². The maximum atomic E-state index is 12.5. The van der Waals surface area contributed by atoms with Crippen molar-refractivity contribution in [2.45, 2.75) is 25.4 Å². The summed E-state index contributed by atoms with van der Waals surface area (Å²) in [5.74, 6) is -0.988. The summed E-state index contributed by atoms with van der Waals surface area (Å²) >= 11 is 3.35. The van der Waals surface area contributed by atoms with E-state index in [-0.39, 0.29) is 12.5 Å². The molecule has 6 heteroatoms. The fourth-order valence-electron chi connectivity index (χ4n) is 2.38. The van der Waals surface area contributed by atoms with Gasteiger partial charge in [0.2, 0.25) is 0 Å². The number of nitrogens with zero attached hydrogens (tertiary/aromatic N) is 1. The van der Waals surface area contributed by atoms with Crippen molar-refractivity contribution in [3.05, 3.63) is 33.8 Å². The molecule has 1 fully saturated rings. The van der Waals surface area contributed by atoms with Crippen molar-refractivity contribution in [3.8, 4) is 0 Å². The minimum atomic E-state index is -1.62. The number of rotatable bonds is 2. The number of carbonyl (C=O) groups excluding carboxylic acids is 2. The highest BCUT2D eigenvalue weighted by molar-refractivity contribution is 9.10. The summed E-state index contributed by atoms with van der Waals surface area (Å²) in [5.41, 5.74) is 5.10. The third kappa shape index (κ3) is 2.86. The Bertz CT molecular complexity index is 561. The molecule has 0 unspecified atom stereocenters. The van der Waals surface area contributed by atoms with Crippen molar-refractivity contribution < 1.29 is 14.7 Å². The van der Waals surface area contributed by atoms with Gasteiger partial charge in [-0.05, 0) is 47.8 Å². The van der Waals surface area contributed by atoms with Crippen LogP contribution in [0.1, 0.15) is 28.8 Å². The van der Waals surface area contributed by atoms with Crippen LogP contribution < -0.4 is 5.73 Å². The Labute approximate surface area is 125 Å².